The summed E-state index contributed by atoms with van der Waals surface area (Å²) in [6, 6.07) is 13.8. The van der Waals surface area contributed by atoms with E-state index in [1.54, 1.807) is 15.8 Å². The van der Waals surface area contributed by atoms with Gasteiger partial charge in [0.15, 0.2) is 0 Å². The molecule has 0 saturated carbocycles. The minimum absolute atomic E-state index is 1.22. The molecule has 0 nitrogen and oxygen atoms in total. The quantitative estimate of drug-likeness (QED) is 0.635. The van der Waals surface area contributed by atoms with Crippen LogP contribution in [0.2, 0.25) is 31.9 Å². The summed E-state index contributed by atoms with van der Waals surface area (Å²) in [6.07, 6.45) is 0. The summed E-state index contributed by atoms with van der Waals surface area (Å²) in [6.45, 7) is 10.2. The van der Waals surface area contributed by atoms with E-state index < -0.39 is 16.1 Å². The highest BCUT2D eigenvalue weighted by molar-refractivity contribution is 7.10. The van der Waals surface area contributed by atoms with Gasteiger partial charge in [0.2, 0.25) is 0 Å². The minimum Gasteiger partial charge on any atom is -0.0656 e. The van der Waals surface area contributed by atoms with E-state index in [-0.39, 0.29) is 0 Å². The number of hydrogen-bond donors (Lipinski definition) is 0. The van der Waals surface area contributed by atoms with E-state index in [0.29, 0.717) is 0 Å². The van der Waals surface area contributed by atoms with Crippen molar-refractivity contribution in [3.63, 3.8) is 0 Å². The van der Waals surface area contributed by atoms with Crippen molar-refractivity contribution >= 4 is 37.3 Å². The lowest BCUT2D eigenvalue weighted by atomic mass is 10.1. The predicted molar refractivity (Wildman–Crippen MR) is 83.0 cm³/mol. The summed E-state index contributed by atoms with van der Waals surface area (Å²) >= 11 is 0. The summed E-state index contributed by atoms with van der Waals surface area (Å²) in [4.78, 5) is 0. The first-order chi connectivity index (χ1) is 7.92. The third-order valence-corrected chi connectivity index (χ3v) is 15.1. The maximum atomic E-state index is 2.55. The first-order valence-corrected chi connectivity index (χ1v) is 12.9. The minimum atomic E-state index is -1.22. The van der Waals surface area contributed by atoms with Gasteiger partial charge >= 0.3 is 0 Å². The molecule has 0 amide bonds. The smallest absolute Gasteiger partial charge is 0.0656 e. The lowest BCUT2D eigenvalue weighted by Gasteiger charge is -2.40. The van der Waals surface area contributed by atoms with E-state index >= 15 is 0 Å². The molecule has 0 fully saturated rings. The van der Waals surface area contributed by atoms with Crippen molar-refractivity contribution in [2.45, 2.75) is 31.9 Å². The van der Waals surface area contributed by atoms with Crippen molar-refractivity contribution in [1.29, 1.82) is 0 Å². The molecule has 1 aliphatic rings. The van der Waals surface area contributed by atoms with Crippen LogP contribution in [0.5, 0.6) is 0 Å². The number of hydrogen-bond acceptors (Lipinski definition) is 0. The SMILES string of the molecule is C[Si]1(C)C[Si](C)(C)c2cccc3cccc1c23. The fourth-order valence-electron chi connectivity index (χ4n) is 3.76. The molecule has 0 unspecified atom stereocenters. The van der Waals surface area contributed by atoms with Gasteiger partial charge in [-0.1, -0.05) is 78.6 Å². The van der Waals surface area contributed by atoms with Crippen LogP contribution in [-0.2, 0) is 0 Å². The average Bonchev–Trinajstić information content (AvgIpc) is 2.24. The number of rotatable bonds is 0. The summed E-state index contributed by atoms with van der Waals surface area (Å²) in [7, 11) is -2.43. The normalized spacial score (nSPS) is 20.5. The Hall–Kier alpha value is -0.866. The lowest BCUT2D eigenvalue weighted by molar-refractivity contribution is 1.54. The van der Waals surface area contributed by atoms with Crippen LogP contribution in [0.3, 0.4) is 0 Å². The van der Waals surface area contributed by atoms with Crippen LogP contribution < -0.4 is 10.4 Å². The van der Waals surface area contributed by atoms with Crippen LogP contribution in [-0.4, -0.2) is 16.1 Å². The van der Waals surface area contributed by atoms with Crippen LogP contribution in [0.15, 0.2) is 36.4 Å². The molecular weight excluding hydrogens is 236 g/mol. The molecule has 2 aromatic carbocycles. The molecule has 17 heavy (non-hydrogen) atoms. The zero-order valence-corrected chi connectivity index (χ0v) is 13.2. The molecule has 1 heterocycles. The summed E-state index contributed by atoms with van der Waals surface area (Å²) < 4.78 is 0. The van der Waals surface area contributed by atoms with E-state index in [1.165, 1.54) is 11.1 Å². The zero-order chi connectivity index (χ0) is 12.3. The van der Waals surface area contributed by atoms with Crippen LogP contribution in [0.1, 0.15) is 0 Å². The second kappa shape index (κ2) is 3.33. The Kier molecular flexibility index (Phi) is 2.20. The predicted octanol–water partition coefficient (Wildman–Crippen LogP) is 3.22. The molecule has 0 bridgehead atoms. The Labute approximate surface area is 106 Å². The molecule has 3 rings (SSSR count). The highest BCUT2D eigenvalue weighted by Gasteiger charge is 2.40. The largest absolute Gasteiger partial charge is 0.0792 e. The molecule has 0 saturated heterocycles. The summed E-state index contributed by atoms with van der Waals surface area (Å²) in [5, 5.41) is 6.46. The maximum Gasteiger partial charge on any atom is 0.0792 e. The first-order valence-electron chi connectivity index (χ1n) is 6.45. The Bertz CT molecular complexity index is 548. The van der Waals surface area contributed by atoms with Gasteiger partial charge in [-0.15, -0.1) is 0 Å². The molecule has 0 N–H and O–H groups in total. The summed E-state index contributed by atoms with van der Waals surface area (Å²) in [5.74, 6) is 0. The lowest BCUT2D eigenvalue weighted by Crippen LogP contribution is -2.59. The van der Waals surface area contributed by atoms with Crippen molar-refractivity contribution in [2.75, 3.05) is 0 Å². The van der Waals surface area contributed by atoms with Gasteiger partial charge in [-0.05, 0) is 10.8 Å². The third-order valence-electron chi connectivity index (χ3n) is 4.25. The molecule has 1 aliphatic heterocycles. The van der Waals surface area contributed by atoms with E-state index in [9.17, 15) is 0 Å². The van der Waals surface area contributed by atoms with Gasteiger partial charge in [0.25, 0.3) is 0 Å². The molecule has 0 radical (unpaired) electrons. The van der Waals surface area contributed by atoms with Crippen LogP contribution in [0.4, 0.5) is 0 Å². The molecule has 88 valence electrons. The van der Waals surface area contributed by atoms with Gasteiger partial charge in [0, 0.05) is 0 Å². The molecule has 0 aliphatic carbocycles. The van der Waals surface area contributed by atoms with Crippen molar-refractivity contribution in [1.82, 2.24) is 0 Å². The van der Waals surface area contributed by atoms with Crippen molar-refractivity contribution < 1.29 is 0 Å². The van der Waals surface area contributed by atoms with Gasteiger partial charge in [-0.2, -0.15) is 0 Å². The van der Waals surface area contributed by atoms with Gasteiger partial charge in [0.05, 0.1) is 16.1 Å². The van der Waals surface area contributed by atoms with E-state index in [0.717, 1.165) is 0 Å². The maximum absolute atomic E-state index is 2.55. The Morgan fingerprint density at radius 3 is 1.71 bits per heavy atom. The number of benzene rings is 2. The average molecular weight is 256 g/mol. The van der Waals surface area contributed by atoms with Crippen molar-refractivity contribution in [2.24, 2.45) is 0 Å². The van der Waals surface area contributed by atoms with Crippen LogP contribution >= 0.6 is 0 Å². The van der Waals surface area contributed by atoms with Crippen LogP contribution in [0, 0.1) is 0 Å². The molecule has 0 spiro atoms. The Morgan fingerprint density at radius 2 is 1.24 bits per heavy atom. The topological polar surface area (TPSA) is 0 Å². The summed E-state index contributed by atoms with van der Waals surface area (Å²) in [5.41, 5.74) is 1.50. The van der Waals surface area contributed by atoms with Crippen molar-refractivity contribution in [3.05, 3.63) is 36.4 Å². The fraction of sp³-hybridized carbons (Fsp3) is 0.333. The molecule has 2 heteroatoms. The molecule has 2 aromatic rings. The van der Waals surface area contributed by atoms with Gasteiger partial charge < -0.3 is 0 Å². The van der Waals surface area contributed by atoms with E-state index in [2.05, 4.69) is 62.6 Å². The molecule has 0 atom stereocenters. The van der Waals surface area contributed by atoms with Crippen LogP contribution in [0.25, 0.3) is 10.8 Å². The Balaban J connectivity index is 2.50. The standard InChI is InChI=1S/C15H20Si2/c1-16(2)11-17(3,4)14-10-6-8-12-7-5-9-13(16)15(12)14/h5-10H,11H2,1-4H3. The third kappa shape index (κ3) is 1.54. The first kappa shape index (κ1) is 11.2. The second-order valence-corrected chi connectivity index (χ2v) is 16.7. The Morgan fingerprint density at radius 1 is 0.765 bits per heavy atom. The highest BCUT2D eigenvalue weighted by Crippen LogP contribution is 2.29. The molecule has 0 aromatic heterocycles. The highest BCUT2D eigenvalue weighted by atomic mass is 28.4. The van der Waals surface area contributed by atoms with E-state index in [1.807, 2.05) is 0 Å². The van der Waals surface area contributed by atoms with Crippen molar-refractivity contribution in [3.8, 4) is 0 Å². The van der Waals surface area contributed by atoms with Gasteiger partial charge in [0.1, 0.15) is 0 Å². The zero-order valence-electron chi connectivity index (χ0n) is 11.2. The van der Waals surface area contributed by atoms with Gasteiger partial charge in [-0.3, -0.25) is 0 Å². The molecular formula is C15H20Si2. The fourth-order valence-corrected chi connectivity index (χ4v) is 17.3. The van der Waals surface area contributed by atoms with E-state index in [4.69, 9.17) is 0 Å². The monoisotopic (exact) mass is 256 g/mol. The second-order valence-electron chi connectivity index (χ2n) is 6.65. The van der Waals surface area contributed by atoms with Gasteiger partial charge in [-0.25, -0.2) is 0 Å².